The third-order valence-electron chi connectivity index (χ3n) is 6.49. The molecule has 2 aliphatic carbocycles. The third kappa shape index (κ3) is 3.09. The number of anilines is 1. The van der Waals surface area contributed by atoms with Gasteiger partial charge in [0.05, 0.1) is 23.4 Å². The van der Waals surface area contributed by atoms with Gasteiger partial charge in [0.1, 0.15) is 5.75 Å². The molecule has 0 amide bonds. The zero-order valence-corrected chi connectivity index (χ0v) is 17.7. The number of rotatable bonds is 6. The smallest absolute Gasteiger partial charge is 0.250 e. The van der Waals surface area contributed by atoms with Gasteiger partial charge in [-0.25, -0.2) is 0 Å². The Bertz CT molecular complexity index is 1250. The zero-order chi connectivity index (χ0) is 20.9. The highest BCUT2D eigenvalue weighted by molar-refractivity contribution is 6.03. The quantitative estimate of drug-likeness (QED) is 0.395. The SMILES string of the molecule is CCOc1ccc2c(-c3nnc(C4CC4)o3)c(-c3ccc(N)cc3)n(C3CCC3)c2c1. The fourth-order valence-electron chi connectivity index (χ4n) is 4.54. The minimum atomic E-state index is 0.422. The molecule has 0 saturated heterocycles. The number of nitrogens with zero attached hydrogens (tertiary/aromatic N) is 3. The largest absolute Gasteiger partial charge is 0.494 e. The summed E-state index contributed by atoms with van der Waals surface area (Å²) in [6.07, 6.45) is 5.85. The molecular formula is C25H26N4O2. The van der Waals surface area contributed by atoms with Gasteiger partial charge < -0.3 is 19.5 Å². The van der Waals surface area contributed by atoms with Crippen molar-refractivity contribution in [2.24, 2.45) is 0 Å². The first kappa shape index (κ1) is 18.5. The van der Waals surface area contributed by atoms with Crippen molar-refractivity contribution >= 4 is 16.6 Å². The van der Waals surface area contributed by atoms with Crippen LogP contribution < -0.4 is 10.5 Å². The van der Waals surface area contributed by atoms with Gasteiger partial charge >= 0.3 is 0 Å². The van der Waals surface area contributed by atoms with Crippen LogP contribution in [0.2, 0.25) is 0 Å². The molecule has 158 valence electrons. The van der Waals surface area contributed by atoms with Gasteiger partial charge in [0.2, 0.25) is 5.89 Å². The lowest BCUT2D eigenvalue weighted by atomic mass is 9.92. The van der Waals surface area contributed by atoms with Crippen LogP contribution in [0.1, 0.15) is 56.9 Å². The number of benzene rings is 2. The molecule has 2 fully saturated rings. The van der Waals surface area contributed by atoms with E-state index in [-0.39, 0.29) is 0 Å². The maximum atomic E-state index is 6.22. The summed E-state index contributed by atoms with van der Waals surface area (Å²) < 4.78 is 14.5. The van der Waals surface area contributed by atoms with Crippen molar-refractivity contribution in [3.05, 3.63) is 48.4 Å². The first-order valence-electron chi connectivity index (χ1n) is 11.2. The molecule has 6 nitrogen and oxygen atoms in total. The highest BCUT2D eigenvalue weighted by Crippen LogP contribution is 2.48. The minimum absolute atomic E-state index is 0.422. The van der Waals surface area contributed by atoms with Gasteiger partial charge in [-0.15, -0.1) is 10.2 Å². The first-order chi connectivity index (χ1) is 15.2. The number of hydrogen-bond acceptors (Lipinski definition) is 5. The van der Waals surface area contributed by atoms with E-state index in [2.05, 4.69) is 39.0 Å². The molecule has 4 aromatic rings. The molecule has 2 aromatic heterocycles. The van der Waals surface area contributed by atoms with E-state index in [4.69, 9.17) is 14.9 Å². The van der Waals surface area contributed by atoms with E-state index in [0.717, 1.165) is 57.9 Å². The van der Waals surface area contributed by atoms with Crippen molar-refractivity contribution in [1.82, 2.24) is 14.8 Å². The predicted octanol–water partition coefficient (Wildman–Crippen LogP) is 5.94. The first-order valence-corrected chi connectivity index (χ1v) is 11.2. The molecule has 0 aliphatic heterocycles. The molecule has 0 unspecified atom stereocenters. The van der Waals surface area contributed by atoms with E-state index in [9.17, 15) is 0 Å². The molecule has 2 heterocycles. The van der Waals surface area contributed by atoms with E-state index < -0.39 is 0 Å². The van der Waals surface area contributed by atoms with E-state index in [1.165, 1.54) is 19.3 Å². The average molecular weight is 415 g/mol. The molecule has 2 aromatic carbocycles. The zero-order valence-electron chi connectivity index (χ0n) is 17.7. The summed E-state index contributed by atoms with van der Waals surface area (Å²) in [6.45, 7) is 2.65. The van der Waals surface area contributed by atoms with Crippen molar-refractivity contribution in [2.45, 2.75) is 51.0 Å². The van der Waals surface area contributed by atoms with Crippen molar-refractivity contribution in [3.63, 3.8) is 0 Å². The molecule has 0 bridgehead atoms. The molecule has 0 radical (unpaired) electrons. The van der Waals surface area contributed by atoms with Gasteiger partial charge in [0.15, 0.2) is 0 Å². The van der Waals surface area contributed by atoms with Gasteiger partial charge in [-0.2, -0.15) is 0 Å². The summed E-state index contributed by atoms with van der Waals surface area (Å²) in [5.74, 6) is 2.66. The maximum absolute atomic E-state index is 6.22. The number of fused-ring (bicyclic) bond motifs is 1. The Hall–Kier alpha value is -3.28. The molecule has 2 aliphatic rings. The van der Waals surface area contributed by atoms with E-state index >= 15 is 0 Å². The summed E-state index contributed by atoms with van der Waals surface area (Å²) in [5.41, 5.74) is 11.1. The molecule has 2 N–H and O–H groups in total. The maximum Gasteiger partial charge on any atom is 0.250 e. The molecule has 6 rings (SSSR count). The van der Waals surface area contributed by atoms with Crippen LogP contribution in [-0.4, -0.2) is 21.4 Å². The lowest BCUT2D eigenvalue weighted by molar-refractivity contribution is 0.323. The van der Waals surface area contributed by atoms with Gasteiger partial charge in [0, 0.05) is 29.1 Å². The Balaban J connectivity index is 1.65. The van der Waals surface area contributed by atoms with Crippen molar-refractivity contribution < 1.29 is 9.15 Å². The molecule has 0 atom stereocenters. The van der Waals surface area contributed by atoms with Crippen molar-refractivity contribution in [1.29, 1.82) is 0 Å². The Morgan fingerprint density at radius 1 is 1.06 bits per heavy atom. The molecule has 0 spiro atoms. The van der Waals surface area contributed by atoms with Crippen LogP contribution in [0, 0.1) is 0 Å². The molecular weight excluding hydrogens is 388 g/mol. The highest BCUT2D eigenvalue weighted by atomic mass is 16.5. The lowest BCUT2D eigenvalue weighted by Crippen LogP contribution is -2.17. The standard InChI is InChI=1S/C25H26N4O2/c1-2-30-19-12-13-20-21(14-19)29(18-4-3-5-18)23(15-8-10-17(26)11-9-15)22(20)25-28-27-24(31-25)16-6-7-16/h8-14,16,18H,2-7,26H2,1H3. The number of hydrogen-bond donors (Lipinski definition) is 1. The number of ether oxygens (including phenoxy) is 1. The van der Waals surface area contributed by atoms with Gasteiger partial charge in [0.25, 0.3) is 5.89 Å². The second-order valence-corrected chi connectivity index (χ2v) is 8.63. The predicted molar refractivity (Wildman–Crippen MR) is 121 cm³/mol. The van der Waals surface area contributed by atoms with Crippen LogP contribution >= 0.6 is 0 Å². The van der Waals surface area contributed by atoms with E-state index in [1.54, 1.807) is 0 Å². The van der Waals surface area contributed by atoms with Crippen LogP contribution in [0.3, 0.4) is 0 Å². The number of nitrogen functional groups attached to an aromatic ring is 1. The summed E-state index contributed by atoms with van der Waals surface area (Å²) in [4.78, 5) is 0. The number of aromatic nitrogens is 3. The van der Waals surface area contributed by atoms with E-state index in [0.29, 0.717) is 24.5 Å². The monoisotopic (exact) mass is 414 g/mol. The highest BCUT2D eigenvalue weighted by Gasteiger charge is 2.33. The van der Waals surface area contributed by atoms with Crippen LogP contribution in [-0.2, 0) is 0 Å². The lowest BCUT2D eigenvalue weighted by Gasteiger charge is -2.30. The van der Waals surface area contributed by atoms with Gasteiger partial charge in [-0.3, -0.25) is 0 Å². The Morgan fingerprint density at radius 3 is 2.55 bits per heavy atom. The average Bonchev–Trinajstić information content (AvgIpc) is 3.39. The molecule has 6 heteroatoms. The van der Waals surface area contributed by atoms with Crippen LogP contribution in [0.15, 0.2) is 46.9 Å². The second kappa shape index (κ2) is 7.15. The van der Waals surface area contributed by atoms with E-state index in [1.807, 2.05) is 25.1 Å². The van der Waals surface area contributed by atoms with Crippen molar-refractivity contribution in [2.75, 3.05) is 12.3 Å². The fourth-order valence-corrected chi connectivity index (χ4v) is 4.54. The summed E-state index contributed by atoms with van der Waals surface area (Å²) in [5, 5.41) is 9.98. The Kier molecular flexibility index (Phi) is 4.26. The summed E-state index contributed by atoms with van der Waals surface area (Å²) in [6, 6.07) is 14.9. The van der Waals surface area contributed by atoms with Gasteiger partial charge in [-0.05, 0) is 68.9 Å². The van der Waals surface area contributed by atoms with Crippen molar-refractivity contribution in [3.8, 4) is 28.5 Å². The third-order valence-corrected chi connectivity index (χ3v) is 6.49. The normalized spacial score (nSPS) is 16.5. The summed E-state index contributed by atoms with van der Waals surface area (Å²) in [7, 11) is 0. The van der Waals surface area contributed by atoms with Crippen LogP contribution in [0.25, 0.3) is 33.6 Å². The minimum Gasteiger partial charge on any atom is -0.494 e. The second-order valence-electron chi connectivity index (χ2n) is 8.63. The Morgan fingerprint density at radius 2 is 1.87 bits per heavy atom. The summed E-state index contributed by atoms with van der Waals surface area (Å²) >= 11 is 0. The van der Waals surface area contributed by atoms with Crippen LogP contribution in [0.4, 0.5) is 5.69 Å². The fraction of sp³-hybridized carbons (Fsp3) is 0.360. The molecule has 2 saturated carbocycles. The van der Waals surface area contributed by atoms with Crippen LogP contribution in [0.5, 0.6) is 5.75 Å². The topological polar surface area (TPSA) is 79.1 Å². The molecule has 31 heavy (non-hydrogen) atoms. The Labute approximate surface area is 181 Å². The number of nitrogens with two attached hydrogens (primary N) is 1. The van der Waals surface area contributed by atoms with Gasteiger partial charge in [-0.1, -0.05) is 12.1 Å².